The summed E-state index contributed by atoms with van der Waals surface area (Å²) in [6.45, 7) is 0. The molecule has 0 amide bonds. The Hall–Kier alpha value is -1.68. The van der Waals surface area contributed by atoms with Crippen LogP contribution < -0.4 is 0 Å². The van der Waals surface area contributed by atoms with E-state index in [2.05, 4.69) is 25.5 Å². The number of rotatable bonds is 4. The van der Waals surface area contributed by atoms with E-state index in [1.54, 1.807) is 12.1 Å². The molecule has 10 heteroatoms. The van der Waals surface area contributed by atoms with Gasteiger partial charge in [0.1, 0.15) is 10.0 Å². The van der Waals surface area contributed by atoms with Crippen molar-refractivity contribution in [3.63, 3.8) is 0 Å². The average Bonchev–Trinajstić information content (AvgIpc) is 3.06. The van der Waals surface area contributed by atoms with Gasteiger partial charge in [-0.25, -0.2) is 8.78 Å². The number of fused-ring (bicyclic) bond motifs is 1. The molecule has 1 saturated carbocycles. The summed E-state index contributed by atoms with van der Waals surface area (Å²) >= 11 is 2.83. The molecular weight excluding hydrogens is 318 g/mol. The minimum atomic E-state index is -2.71. The predicted molar refractivity (Wildman–Crippen MR) is 71.7 cm³/mol. The first-order chi connectivity index (χ1) is 10.2. The van der Waals surface area contributed by atoms with E-state index in [9.17, 15) is 8.78 Å². The number of aromatic nitrogens is 6. The van der Waals surface area contributed by atoms with Crippen LogP contribution in [-0.4, -0.2) is 30.0 Å². The van der Waals surface area contributed by atoms with E-state index in [-0.39, 0.29) is 0 Å². The molecule has 3 aromatic rings. The molecule has 108 valence electrons. The molecule has 6 nitrogen and oxygen atoms in total. The lowest BCUT2D eigenvalue weighted by Crippen LogP contribution is -2.00. The molecule has 3 aromatic heterocycles. The first kappa shape index (κ1) is 13.0. The van der Waals surface area contributed by atoms with Gasteiger partial charge in [0.05, 0.1) is 0 Å². The minimum absolute atomic E-state index is 0.297. The third-order valence-electron chi connectivity index (χ3n) is 3.00. The van der Waals surface area contributed by atoms with Gasteiger partial charge >= 0.3 is 0 Å². The quantitative estimate of drug-likeness (QED) is 0.734. The van der Waals surface area contributed by atoms with Crippen LogP contribution in [0, 0.1) is 0 Å². The zero-order valence-corrected chi connectivity index (χ0v) is 12.1. The van der Waals surface area contributed by atoms with Crippen LogP contribution in [0.2, 0.25) is 0 Å². The van der Waals surface area contributed by atoms with Crippen molar-refractivity contribution in [2.75, 3.05) is 0 Å². The number of nitrogens with zero attached hydrogens (tertiary/aromatic N) is 6. The van der Waals surface area contributed by atoms with Gasteiger partial charge in [-0.05, 0) is 36.7 Å². The van der Waals surface area contributed by atoms with Gasteiger partial charge in [0.25, 0.3) is 6.43 Å². The van der Waals surface area contributed by atoms with E-state index >= 15 is 0 Å². The minimum Gasteiger partial charge on any atom is -0.201 e. The summed E-state index contributed by atoms with van der Waals surface area (Å²) in [5, 5.41) is 21.1. The molecule has 21 heavy (non-hydrogen) atoms. The fourth-order valence-corrected chi connectivity index (χ4v) is 3.77. The van der Waals surface area contributed by atoms with Crippen molar-refractivity contribution in [2.24, 2.45) is 0 Å². The van der Waals surface area contributed by atoms with Crippen LogP contribution >= 0.6 is 23.1 Å². The Morgan fingerprint density at radius 1 is 1.19 bits per heavy atom. The van der Waals surface area contributed by atoms with Gasteiger partial charge in [0.15, 0.2) is 9.99 Å². The lowest BCUT2D eigenvalue weighted by Gasteiger charge is -1.99. The molecule has 1 fully saturated rings. The molecule has 0 aromatic carbocycles. The second-order valence-electron chi connectivity index (χ2n) is 4.58. The molecule has 1 aliphatic rings. The zero-order chi connectivity index (χ0) is 14.4. The zero-order valence-electron chi connectivity index (χ0n) is 10.5. The number of halogens is 2. The van der Waals surface area contributed by atoms with Crippen LogP contribution in [0.15, 0.2) is 21.5 Å². The van der Waals surface area contributed by atoms with Gasteiger partial charge in [0, 0.05) is 5.92 Å². The summed E-state index contributed by atoms with van der Waals surface area (Å²) in [5.74, 6) is 0.0963. The highest BCUT2D eigenvalue weighted by Crippen LogP contribution is 2.43. The van der Waals surface area contributed by atoms with Crippen molar-refractivity contribution in [2.45, 2.75) is 34.6 Å². The Bertz CT molecular complexity index is 797. The molecule has 0 aliphatic heterocycles. The molecule has 0 atom stereocenters. The first-order valence-electron chi connectivity index (χ1n) is 6.22. The van der Waals surface area contributed by atoms with Gasteiger partial charge in [-0.3, -0.25) is 0 Å². The number of hydrogen-bond acceptors (Lipinski definition) is 7. The van der Waals surface area contributed by atoms with Crippen LogP contribution in [0.1, 0.15) is 36.0 Å². The van der Waals surface area contributed by atoms with E-state index in [1.807, 2.05) is 0 Å². The third-order valence-corrected chi connectivity index (χ3v) is 5.06. The highest BCUT2D eigenvalue weighted by molar-refractivity contribution is 8.01. The van der Waals surface area contributed by atoms with Crippen molar-refractivity contribution in [1.29, 1.82) is 0 Å². The lowest BCUT2D eigenvalue weighted by molar-refractivity contribution is 0.137. The average molecular weight is 326 g/mol. The molecule has 0 unspecified atom stereocenters. The van der Waals surface area contributed by atoms with Crippen molar-refractivity contribution in [3.8, 4) is 0 Å². The van der Waals surface area contributed by atoms with Crippen LogP contribution in [0.3, 0.4) is 0 Å². The van der Waals surface area contributed by atoms with E-state index < -0.39 is 12.2 Å². The second kappa shape index (κ2) is 4.95. The summed E-state index contributed by atoms with van der Waals surface area (Å²) in [4.78, 5) is 0. The third kappa shape index (κ3) is 2.48. The summed E-state index contributed by atoms with van der Waals surface area (Å²) in [6, 6.07) is 3.32. The SMILES string of the molecule is FC(F)c1nnc2ccc(Sc3nnc(C4CC4)s3)nn12. The van der Waals surface area contributed by atoms with Gasteiger partial charge in [-0.15, -0.1) is 20.4 Å². The Balaban J connectivity index is 1.64. The summed E-state index contributed by atoms with van der Waals surface area (Å²) in [7, 11) is 0. The Morgan fingerprint density at radius 2 is 2.05 bits per heavy atom. The van der Waals surface area contributed by atoms with Crippen LogP contribution in [0.25, 0.3) is 5.65 Å². The molecule has 1 aliphatic carbocycles. The Morgan fingerprint density at radius 3 is 2.81 bits per heavy atom. The molecule has 0 saturated heterocycles. The topological polar surface area (TPSA) is 68.9 Å². The maximum absolute atomic E-state index is 12.8. The predicted octanol–water partition coefficient (Wildman–Crippen LogP) is 2.94. The Kier molecular flexibility index (Phi) is 3.07. The molecule has 0 radical (unpaired) electrons. The van der Waals surface area contributed by atoms with E-state index in [0.717, 1.165) is 13.9 Å². The second-order valence-corrected chi connectivity index (χ2v) is 6.86. The highest BCUT2D eigenvalue weighted by atomic mass is 32.2. The normalized spacial score (nSPS) is 15.2. The molecule has 0 N–H and O–H groups in total. The van der Waals surface area contributed by atoms with Gasteiger partial charge in [0.2, 0.25) is 5.82 Å². The van der Waals surface area contributed by atoms with Gasteiger partial charge in [-0.2, -0.15) is 9.61 Å². The standard InChI is InChI=1S/C11H8F2N6S2/c12-8(13)9-15-14-6-3-4-7(18-19(6)9)20-11-17-16-10(21-11)5-1-2-5/h3-5,8H,1-2H2. The molecule has 4 rings (SSSR count). The van der Waals surface area contributed by atoms with E-state index in [0.29, 0.717) is 16.6 Å². The maximum atomic E-state index is 12.8. The lowest BCUT2D eigenvalue weighted by atomic mass is 10.5. The van der Waals surface area contributed by atoms with Crippen LogP contribution in [0.5, 0.6) is 0 Å². The molecule has 0 spiro atoms. The van der Waals surface area contributed by atoms with Crippen molar-refractivity contribution >= 4 is 28.7 Å². The van der Waals surface area contributed by atoms with Crippen LogP contribution in [0.4, 0.5) is 8.78 Å². The van der Waals surface area contributed by atoms with Crippen molar-refractivity contribution < 1.29 is 8.78 Å². The fraction of sp³-hybridized carbons (Fsp3) is 0.364. The Labute approximate surface area is 125 Å². The van der Waals surface area contributed by atoms with Crippen molar-refractivity contribution in [3.05, 3.63) is 23.0 Å². The van der Waals surface area contributed by atoms with Gasteiger partial charge < -0.3 is 0 Å². The van der Waals surface area contributed by atoms with Gasteiger partial charge in [-0.1, -0.05) is 11.3 Å². The number of alkyl halides is 2. The monoisotopic (exact) mass is 326 g/mol. The van der Waals surface area contributed by atoms with E-state index in [1.165, 1.54) is 35.9 Å². The highest BCUT2D eigenvalue weighted by Gasteiger charge is 2.27. The summed E-state index contributed by atoms with van der Waals surface area (Å²) in [5.41, 5.74) is 0.297. The fourth-order valence-electron chi connectivity index (χ4n) is 1.83. The number of hydrogen-bond donors (Lipinski definition) is 0. The van der Waals surface area contributed by atoms with Crippen LogP contribution in [-0.2, 0) is 0 Å². The summed E-state index contributed by atoms with van der Waals surface area (Å²) < 4.78 is 27.4. The van der Waals surface area contributed by atoms with E-state index in [4.69, 9.17) is 0 Å². The maximum Gasteiger partial charge on any atom is 0.299 e. The molecule has 0 bridgehead atoms. The molecule has 3 heterocycles. The first-order valence-corrected chi connectivity index (χ1v) is 7.86. The smallest absolute Gasteiger partial charge is 0.201 e. The van der Waals surface area contributed by atoms with Crippen molar-refractivity contribution in [1.82, 2.24) is 30.0 Å². The summed E-state index contributed by atoms with van der Waals surface area (Å²) in [6.07, 6.45) is -0.375. The molecular formula is C11H8F2N6S2. The largest absolute Gasteiger partial charge is 0.299 e.